The number of hydrogen-bond donors (Lipinski definition) is 1. The summed E-state index contributed by atoms with van der Waals surface area (Å²) in [7, 11) is 0. The highest BCUT2D eigenvalue weighted by molar-refractivity contribution is 7.08. The summed E-state index contributed by atoms with van der Waals surface area (Å²) in [5.41, 5.74) is 1.71. The Kier molecular flexibility index (Phi) is 6.02. The molecule has 0 radical (unpaired) electrons. The average Bonchev–Trinajstić information content (AvgIpc) is 2.98. The van der Waals surface area contributed by atoms with E-state index in [9.17, 15) is 4.39 Å². The Balaban J connectivity index is 0.00000161. The maximum Gasteiger partial charge on any atom is 0.129 e. The van der Waals surface area contributed by atoms with Crippen LogP contribution in [0.2, 0.25) is 5.02 Å². The Bertz CT molecular complexity index is 551. The highest BCUT2D eigenvalue weighted by Gasteiger charge is 2.28. The summed E-state index contributed by atoms with van der Waals surface area (Å²) in [6.45, 7) is 3.63. The zero-order valence-electron chi connectivity index (χ0n) is 11.4. The van der Waals surface area contributed by atoms with Gasteiger partial charge in [-0.2, -0.15) is 11.3 Å². The summed E-state index contributed by atoms with van der Waals surface area (Å²) in [6, 6.07) is 6.87. The molecule has 0 aliphatic carbocycles. The molecule has 1 aromatic carbocycles. The van der Waals surface area contributed by atoms with Crippen LogP contribution in [0.25, 0.3) is 0 Å². The van der Waals surface area contributed by atoms with E-state index in [1.54, 1.807) is 23.5 Å². The largest absolute Gasteiger partial charge is 0.314 e. The minimum absolute atomic E-state index is 0. The van der Waals surface area contributed by atoms with Crippen LogP contribution >= 0.6 is 35.3 Å². The molecular weight excluding hydrogens is 330 g/mol. The molecule has 1 aliphatic heterocycles. The Hall–Kier alpha value is -0.650. The third-order valence-corrected chi connectivity index (χ3v) is 4.68. The fourth-order valence-corrected chi connectivity index (χ4v) is 3.65. The van der Waals surface area contributed by atoms with Gasteiger partial charge in [0.25, 0.3) is 0 Å². The van der Waals surface area contributed by atoms with Crippen LogP contribution in [-0.2, 0) is 0 Å². The lowest BCUT2D eigenvalue weighted by molar-refractivity contribution is 0.196. The molecule has 6 heteroatoms. The van der Waals surface area contributed by atoms with E-state index >= 15 is 0 Å². The number of nitrogens with one attached hydrogen (secondary N) is 1. The predicted octanol–water partition coefficient (Wildman–Crippen LogP) is 3.96. The predicted molar refractivity (Wildman–Crippen MR) is 89.3 cm³/mol. The van der Waals surface area contributed by atoms with Gasteiger partial charge >= 0.3 is 0 Å². The maximum absolute atomic E-state index is 14.3. The van der Waals surface area contributed by atoms with Gasteiger partial charge < -0.3 is 5.32 Å². The molecule has 0 amide bonds. The summed E-state index contributed by atoms with van der Waals surface area (Å²) in [5.74, 6) is -0.229. The van der Waals surface area contributed by atoms with Crippen molar-refractivity contribution in [2.75, 3.05) is 26.2 Å². The second-order valence-electron chi connectivity index (χ2n) is 4.88. The van der Waals surface area contributed by atoms with Gasteiger partial charge in [0.05, 0.1) is 6.04 Å². The fraction of sp³-hybridized carbons (Fsp3) is 0.333. The lowest BCUT2D eigenvalue weighted by Gasteiger charge is -2.35. The van der Waals surface area contributed by atoms with E-state index < -0.39 is 0 Å². The van der Waals surface area contributed by atoms with Crippen molar-refractivity contribution in [2.24, 2.45) is 0 Å². The van der Waals surface area contributed by atoms with Gasteiger partial charge in [-0.3, -0.25) is 4.90 Å². The summed E-state index contributed by atoms with van der Waals surface area (Å²) in [5, 5.41) is 7.94. The van der Waals surface area contributed by atoms with Gasteiger partial charge in [0, 0.05) is 36.8 Å². The SMILES string of the molecule is Cl.Fc1cccc(Cl)c1[C@H](c1ccsc1)N1CCNCC1. The topological polar surface area (TPSA) is 15.3 Å². The van der Waals surface area contributed by atoms with Crippen LogP contribution in [-0.4, -0.2) is 31.1 Å². The molecule has 21 heavy (non-hydrogen) atoms. The van der Waals surface area contributed by atoms with E-state index in [0.29, 0.717) is 10.6 Å². The summed E-state index contributed by atoms with van der Waals surface area (Å²) in [6.07, 6.45) is 0. The van der Waals surface area contributed by atoms with Gasteiger partial charge in [-0.25, -0.2) is 4.39 Å². The Labute approximate surface area is 139 Å². The first-order chi connectivity index (χ1) is 9.77. The molecule has 0 bridgehead atoms. The minimum Gasteiger partial charge on any atom is -0.314 e. The van der Waals surface area contributed by atoms with Crippen LogP contribution in [0.3, 0.4) is 0 Å². The first kappa shape index (κ1) is 16.7. The Morgan fingerprint density at radius 3 is 2.62 bits per heavy atom. The zero-order chi connectivity index (χ0) is 13.9. The molecule has 1 aliphatic rings. The third-order valence-electron chi connectivity index (χ3n) is 3.65. The van der Waals surface area contributed by atoms with Crippen LogP contribution in [0.5, 0.6) is 0 Å². The number of hydrogen-bond acceptors (Lipinski definition) is 3. The molecule has 1 fully saturated rings. The second kappa shape index (κ2) is 7.56. The molecule has 0 unspecified atom stereocenters. The molecule has 1 atom stereocenters. The Morgan fingerprint density at radius 1 is 1.24 bits per heavy atom. The number of halogens is 3. The molecule has 114 valence electrons. The highest BCUT2D eigenvalue weighted by Crippen LogP contribution is 2.36. The highest BCUT2D eigenvalue weighted by atomic mass is 35.5. The molecule has 2 aromatic rings. The second-order valence-corrected chi connectivity index (χ2v) is 6.07. The molecule has 0 saturated carbocycles. The van der Waals surface area contributed by atoms with Crippen molar-refractivity contribution in [1.29, 1.82) is 0 Å². The molecule has 0 spiro atoms. The van der Waals surface area contributed by atoms with Crippen molar-refractivity contribution >= 4 is 35.3 Å². The van der Waals surface area contributed by atoms with E-state index in [1.807, 2.05) is 5.38 Å². The standard InChI is InChI=1S/C15H16ClFN2S.ClH/c16-12-2-1-3-13(17)14(12)15(11-4-9-20-10-11)19-7-5-18-6-8-19;/h1-4,9-10,15,18H,5-8H2;1H/t15-;/m0./s1. The van der Waals surface area contributed by atoms with E-state index in [4.69, 9.17) is 11.6 Å². The number of piperazine rings is 1. The molecule has 2 heterocycles. The Morgan fingerprint density at radius 2 is 2.00 bits per heavy atom. The monoisotopic (exact) mass is 346 g/mol. The number of rotatable bonds is 3. The first-order valence-corrected chi connectivity index (χ1v) is 8.00. The van der Waals surface area contributed by atoms with Crippen molar-refractivity contribution in [3.05, 3.63) is 57.0 Å². The number of benzene rings is 1. The van der Waals surface area contributed by atoms with Crippen molar-refractivity contribution in [1.82, 2.24) is 10.2 Å². The van der Waals surface area contributed by atoms with E-state index in [1.165, 1.54) is 6.07 Å². The van der Waals surface area contributed by atoms with Crippen LogP contribution in [0.1, 0.15) is 17.2 Å². The van der Waals surface area contributed by atoms with Crippen molar-refractivity contribution in [3.63, 3.8) is 0 Å². The van der Waals surface area contributed by atoms with Crippen molar-refractivity contribution < 1.29 is 4.39 Å². The fourth-order valence-electron chi connectivity index (χ4n) is 2.70. The molecule has 1 aromatic heterocycles. The van der Waals surface area contributed by atoms with Crippen molar-refractivity contribution in [3.8, 4) is 0 Å². The van der Waals surface area contributed by atoms with Gasteiger partial charge in [-0.1, -0.05) is 17.7 Å². The van der Waals surface area contributed by atoms with Gasteiger partial charge in [-0.05, 0) is 34.5 Å². The van der Waals surface area contributed by atoms with Gasteiger partial charge in [0.15, 0.2) is 0 Å². The van der Waals surface area contributed by atoms with Crippen LogP contribution in [0, 0.1) is 5.82 Å². The van der Waals surface area contributed by atoms with E-state index in [2.05, 4.69) is 21.7 Å². The van der Waals surface area contributed by atoms with Gasteiger partial charge in [0.2, 0.25) is 0 Å². The van der Waals surface area contributed by atoms with E-state index in [0.717, 1.165) is 31.7 Å². The minimum atomic E-state index is -0.229. The lowest BCUT2D eigenvalue weighted by atomic mass is 9.98. The number of nitrogens with zero attached hydrogens (tertiary/aromatic N) is 1. The lowest BCUT2D eigenvalue weighted by Crippen LogP contribution is -2.45. The average molecular weight is 347 g/mol. The summed E-state index contributed by atoms with van der Waals surface area (Å²) in [4.78, 5) is 2.29. The third kappa shape index (κ3) is 3.58. The van der Waals surface area contributed by atoms with Gasteiger partial charge in [-0.15, -0.1) is 12.4 Å². The summed E-state index contributed by atoms with van der Waals surface area (Å²) >= 11 is 7.91. The van der Waals surface area contributed by atoms with Gasteiger partial charge in [0.1, 0.15) is 5.82 Å². The van der Waals surface area contributed by atoms with Crippen molar-refractivity contribution in [2.45, 2.75) is 6.04 Å². The van der Waals surface area contributed by atoms with Crippen LogP contribution in [0.4, 0.5) is 4.39 Å². The zero-order valence-corrected chi connectivity index (χ0v) is 13.8. The molecule has 1 N–H and O–H groups in total. The molecule has 3 rings (SSSR count). The van der Waals surface area contributed by atoms with Crippen LogP contribution < -0.4 is 5.32 Å². The normalized spacial score (nSPS) is 17.2. The maximum atomic E-state index is 14.3. The summed E-state index contributed by atoms with van der Waals surface area (Å²) < 4.78 is 14.3. The molecule has 2 nitrogen and oxygen atoms in total. The first-order valence-electron chi connectivity index (χ1n) is 6.68. The molecule has 1 saturated heterocycles. The quantitative estimate of drug-likeness (QED) is 0.904. The smallest absolute Gasteiger partial charge is 0.129 e. The van der Waals surface area contributed by atoms with Crippen LogP contribution in [0.15, 0.2) is 35.0 Å². The molecular formula is C15H17Cl2FN2S. The number of thiophene rings is 1. The van der Waals surface area contributed by atoms with E-state index in [-0.39, 0.29) is 24.3 Å².